The molecule has 0 heterocycles. The lowest BCUT2D eigenvalue weighted by molar-refractivity contribution is -0.384. The fourth-order valence-electron chi connectivity index (χ4n) is 3.54. The van der Waals surface area contributed by atoms with Crippen LogP contribution in [0.15, 0.2) is 47.6 Å². The average Bonchev–Trinajstić information content (AvgIpc) is 2.66. The van der Waals surface area contributed by atoms with Crippen LogP contribution < -0.4 is 10.2 Å². The standard InChI is InChI=1S/C23H29N3O5/c1-22(2,3)15-23(4,5)17-6-9-19(10-7-17)31-14-21(28)25-24-13-16-12-18(26(29)30)8-11-20(16)27/h6-13,27H,14-15H2,1-5H3,(H,25,28)/b24-13-. The Balaban J connectivity index is 1.90. The molecule has 2 aromatic carbocycles. The van der Waals surface area contributed by atoms with E-state index in [4.69, 9.17) is 4.74 Å². The van der Waals surface area contributed by atoms with Crippen LogP contribution in [0.3, 0.4) is 0 Å². The number of aromatic hydroxyl groups is 1. The Morgan fingerprint density at radius 2 is 1.81 bits per heavy atom. The smallest absolute Gasteiger partial charge is 0.277 e. The van der Waals surface area contributed by atoms with Gasteiger partial charge in [0.2, 0.25) is 0 Å². The van der Waals surface area contributed by atoms with E-state index in [0.717, 1.165) is 18.7 Å². The number of hydrogen-bond donors (Lipinski definition) is 2. The van der Waals surface area contributed by atoms with Gasteiger partial charge in [-0.25, -0.2) is 5.43 Å². The summed E-state index contributed by atoms with van der Waals surface area (Å²) in [6.07, 6.45) is 2.16. The number of phenolic OH excluding ortho intramolecular Hbond substituents is 1. The quantitative estimate of drug-likeness (QED) is 0.365. The minimum atomic E-state index is -0.585. The fraction of sp³-hybridized carbons (Fsp3) is 0.391. The predicted octanol–water partition coefficient (Wildman–Crippen LogP) is 4.54. The molecule has 2 N–H and O–H groups in total. The SMILES string of the molecule is CC(C)(C)CC(C)(C)c1ccc(OCC(=O)N/N=C\c2cc([N+](=O)[O-])ccc2O)cc1. The molecular formula is C23H29N3O5. The van der Waals surface area contributed by atoms with E-state index in [1.807, 2.05) is 24.3 Å². The second-order valence-electron chi connectivity index (χ2n) is 9.23. The maximum absolute atomic E-state index is 11.9. The highest BCUT2D eigenvalue weighted by Gasteiger charge is 2.27. The first-order chi connectivity index (χ1) is 14.4. The fourth-order valence-corrected chi connectivity index (χ4v) is 3.54. The van der Waals surface area contributed by atoms with Gasteiger partial charge in [0.1, 0.15) is 11.5 Å². The minimum Gasteiger partial charge on any atom is -0.507 e. The van der Waals surface area contributed by atoms with Crippen LogP contribution in [-0.4, -0.2) is 28.8 Å². The van der Waals surface area contributed by atoms with Crippen molar-refractivity contribution in [1.82, 2.24) is 5.43 Å². The number of ether oxygens (including phenoxy) is 1. The second-order valence-corrected chi connectivity index (χ2v) is 9.23. The monoisotopic (exact) mass is 427 g/mol. The second kappa shape index (κ2) is 9.59. The van der Waals surface area contributed by atoms with E-state index in [9.17, 15) is 20.0 Å². The Morgan fingerprint density at radius 1 is 1.16 bits per heavy atom. The van der Waals surface area contributed by atoms with Gasteiger partial charge in [0.15, 0.2) is 6.61 Å². The summed E-state index contributed by atoms with van der Waals surface area (Å²) in [5.74, 6) is -0.126. The summed E-state index contributed by atoms with van der Waals surface area (Å²) in [4.78, 5) is 22.1. The third-order valence-corrected chi connectivity index (χ3v) is 4.59. The Morgan fingerprint density at radius 3 is 2.39 bits per heavy atom. The summed E-state index contributed by atoms with van der Waals surface area (Å²) in [7, 11) is 0. The molecule has 0 atom stereocenters. The van der Waals surface area contributed by atoms with Crippen LogP contribution in [0, 0.1) is 15.5 Å². The number of carbonyl (C=O) groups is 1. The van der Waals surface area contributed by atoms with Crippen molar-refractivity contribution in [2.45, 2.75) is 46.5 Å². The number of nitrogens with zero attached hydrogens (tertiary/aromatic N) is 2. The number of nitro groups is 1. The summed E-state index contributed by atoms with van der Waals surface area (Å²) >= 11 is 0. The summed E-state index contributed by atoms with van der Waals surface area (Å²) in [6, 6.07) is 11.2. The maximum Gasteiger partial charge on any atom is 0.277 e. The molecule has 0 unspecified atom stereocenters. The molecule has 8 nitrogen and oxygen atoms in total. The lowest BCUT2D eigenvalue weighted by atomic mass is 9.72. The van der Waals surface area contributed by atoms with Gasteiger partial charge in [0.05, 0.1) is 11.1 Å². The van der Waals surface area contributed by atoms with E-state index in [0.29, 0.717) is 5.75 Å². The van der Waals surface area contributed by atoms with Gasteiger partial charge in [-0.2, -0.15) is 5.10 Å². The van der Waals surface area contributed by atoms with E-state index in [1.165, 1.54) is 17.7 Å². The average molecular weight is 428 g/mol. The van der Waals surface area contributed by atoms with Gasteiger partial charge in [-0.1, -0.05) is 46.8 Å². The molecular weight excluding hydrogens is 398 g/mol. The van der Waals surface area contributed by atoms with Crippen molar-refractivity contribution in [1.29, 1.82) is 0 Å². The number of hydrazone groups is 1. The molecule has 0 saturated carbocycles. The van der Waals surface area contributed by atoms with Crippen LogP contribution in [-0.2, 0) is 10.2 Å². The number of amides is 1. The van der Waals surface area contributed by atoms with Crippen LogP contribution in [0.5, 0.6) is 11.5 Å². The third-order valence-electron chi connectivity index (χ3n) is 4.59. The van der Waals surface area contributed by atoms with Gasteiger partial charge in [-0.05, 0) is 41.0 Å². The van der Waals surface area contributed by atoms with Crippen molar-refractivity contribution >= 4 is 17.8 Å². The molecule has 8 heteroatoms. The maximum atomic E-state index is 11.9. The Kier molecular flexibility index (Phi) is 7.38. The first-order valence-corrected chi connectivity index (χ1v) is 9.90. The van der Waals surface area contributed by atoms with Crippen molar-refractivity contribution in [3.8, 4) is 11.5 Å². The van der Waals surface area contributed by atoms with Crippen LogP contribution in [0.4, 0.5) is 5.69 Å². The normalized spacial score (nSPS) is 12.0. The molecule has 0 aliphatic carbocycles. The van der Waals surface area contributed by atoms with E-state index in [2.05, 4.69) is 45.1 Å². The molecule has 0 aromatic heterocycles. The third kappa shape index (κ3) is 7.40. The zero-order valence-electron chi connectivity index (χ0n) is 18.5. The number of carbonyl (C=O) groups excluding carboxylic acids is 1. The van der Waals surface area contributed by atoms with E-state index >= 15 is 0 Å². The van der Waals surface area contributed by atoms with Gasteiger partial charge in [-0.3, -0.25) is 14.9 Å². The molecule has 0 aliphatic heterocycles. The van der Waals surface area contributed by atoms with Gasteiger partial charge >= 0.3 is 0 Å². The molecule has 0 radical (unpaired) electrons. The highest BCUT2D eigenvalue weighted by molar-refractivity contribution is 5.86. The number of rotatable bonds is 8. The zero-order valence-corrected chi connectivity index (χ0v) is 18.5. The highest BCUT2D eigenvalue weighted by Crippen LogP contribution is 2.36. The summed E-state index contributed by atoms with van der Waals surface area (Å²) in [5, 5.41) is 24.2. The molecule has 0 saturated heterocycles. The highest BCUT2D eigenvalue weighted by atomic mass is 16.6. The molecule has 0 aliphatic rings. The largest absolute Gasteiger partial charge is 0.507 e. The number of phenols is 1. The summed E-state index contributed by atoms with van der Waals surface area (Å²) < 4.78 is 5.49. The topological polar surface area (TPSA) is 114 Å². The minimum absolute atomic E-state index is 0.0148. The summed E-state index contributed by atoms with van der Waals surface area (Å²) in [6.45, 7) is 10.8. The van der Waals surface area contributed by atoms with Gasteiger partial charge in [0, 0.05) is 17.7 Å². The zero-order chi connectivity index (χ0) is 23.2. The molecule has 0 fully saturated rings. The van der Waals surface area contributed by atoms with E-state index < -0.39 is 10.8 Å². The first kappa shape index (κ1) is 23.9. The van der Waals surface area contributed by atoms with Crippen molar-refractivity contribution < 1.29 is 19.6 Å². The first-order valence-electron chi connectivity index (χ1n) is 9.90. The van der Waals surface area contributed by atoms with Crippen LogP contribution >= 0.6 is 0 Å². The predicted molar refractivity (Wildman–Crippen MR) is 120 cm³/mol. The number of benzene rings is 2. The van der Waals surface area contributed by atoms with Crippen molar-refractivity contribution in [3.05, 3.63) is 63.7 Å². The number of hydrogen-bond acceptors (Lipinski definition) is 6. The molecule has 166 valence electrons. The van der Waals surface area contributed by atoms with Gasteiger partial charge in [0.25, 0.3) is 11.6 Å². The number of nitro benzene ring substituents is 1. The van der Waals surface area contributed by atoms with Gasteiger partial charge in [-0.15, -0.1) is 0 Å². The van der Waals surface area contributed by atoms with E-state index in [-0.39, 0.29) is 34.4 Å². The van der Waals surface area contributed by atoms with Crippen LogP contribution in [0.25, 0.3) is 0 Å². The molecule has 1 amide bonds. The van der Waals surface area contributed by atoms with Crippen molar-refractivity contribution in [2.24, 2.45) is 10.5 Å². The number of non-ortho nitro benzene ring substituents is 1. The molecule has 31 heavy (non-hydrogen) atoms. The van der Waals surface area contributed by atoms with Crippen molar-refractivity contribution in [2.75, 3.05) is 6.61 Å². The molecule has 2 rings (SSSR count). The lowest BCUT2D eigenvalue weighted by Crippen LogP contribution is -2.25. The molecule has 0 spiro atoms. The molecule has 2 aromatic rings. The number of nitrogens with one attached hydrogen (secondary N) is 1. The summed E-state index contributed by atoms with van der Waals surface area (Å²) in [5.41, 5.74) is 3.60. The van der Waals surface area contributed by atoms with Crippen LogP contribution in [0.2, 0.25) is 0 Å². The van der Waals surface area contributed by atoms with Crippen molar-refractivity contribution in [3.63, 3.8) is 0 Å². The Hall–Kier alpha value is -3.42. The van der Waals surface area contributed by atoms with E-state index in [1.54, 1.807) is 0 Å². The van der Waals surface area contributed by atoms with Gasteiger partial charge < -0.3 is 9.84 Å². The van der Waals surface area contributed by atoms with Crippen LogP contribution in [0.1, 0.15) is 52.2 Å². The molecule has 0 bridgehead atoms. The lowest BCUT2D eigenvalue weighted by Gasteiger charge is -2.33. The Labute approximate surface area is 182 Å². The Bertz CT molecular complexity index is 960.